The molecule has 1 unspecified atom stereocenters. The zero-order chi connectivity index (χ0) is 39.3. The minimum Gasteiger partial charge on any atom is -0.0842 e. The van der Waals surface area contributed by atoms with Crippen molar-refractivity contribution in [2.45, 2.75) is 86.0 Å². The SMILES string of the molecule is CC.CC.CCC(C1=CC=CCC1)c1cccc2ccccc12.Cc1ccc(-c2ccc([C@H](C)Cc3cccc4ccccc34)cc2)cc1.c1ccccc1. The minimum absolute atomic E-state index is 0.493. The van der Waals surface area contributed by atoms with Gasteiger partial charge < -0.3 is 0 Å². The molecule has 0 spiro atoms. The standard InChI is InChI=1S/C26H24.C19H20.C6H6.2C2H6/c1-19-10-12-22(13-11-19)23-16-14-21(15-17-23)20(2)18-25-8-5-7-24-6-3-4-9-26(24)25;1-2-17(15-9-4-3-5-10-15)19-14-8-12-16-11-6-7-13-18(16)19;1-2-4-6-5-3-1;2*1-2/h3-17,20H,18H2,1-2H3;3-4,6-9,11-14,17H,2,5,10H2,1H3;1-6H;2*1-2H3/t20-;;;;/m1..../s1. The molecule has 1 aliphatic carbocycles. The summed E-state index contributed by atoms with van der Waals surface area (Å²) in [6.45, 7) is 14.7. The monoisotopic (exact) mass is 722 g/mol. The molecule has 0 radical (unpaired) electrons. The molecule has 0 heterocycles. The third kappa shape index (κ3) is 12.3. The van der Waals surface area contributed by atoms with Crippen LogP contribution >= 0.6 is 0 Å². The van der Waals surface area contributed by atoms with Crippen LogP contribution in [0.1, 0.15) is 94.9 Å². The molecule has 0 aromatic heterocycles. The van der Waals surface area contributed by atoms with Crippen molar-refractivity contribution in [2.75, 3.05) is 0 Å². The third-order valence-corrected chi connectivity index (χ3v) is 10.0. The molecule has 0 aliphatic heterocycles. The molecule has 0 fully saturated rings. The normalized spacial score (nSPS) is 12.5. The van der Waals surface area contributed by atoms with Crippen molar-refractivity contribution in [3.63, 3.8) is 0 Å². The molecule has 55 heavy (non-hydrogen) atoms. The molecule has 2 atom stereocenters. The van der Waals surface area contributed by atoms with Crippen LogP contribution in [0.15, 0.2) is 194 Å². The van der Waals surface area contributed by atoms with Crippen molar-refractivity contribution < 1.29 is 0 Å². The van der Waals surface area contributed by atoms with E-state index in [1.807, 2.05) is 64.1 Å². The van der Waals surface area contributed by atoms with Gasteiger partial charge in [-0.15, -0.1) is 0 Å². The van der Waals surface area contributed by atoms with Gasteiger partial charge in [0.15, 0.2) is 0 Å². The maximum Gasteiger partial charge on any atom is 0.00549 e. The predicted octanol–water partition coefficient (Wildman–Crippen LogP) is 16.5. The van der Waals surface area contributed by atoms with Crippen LogP contribution in [-0.2, 0) is 6.42 Å². The Bertz CT molecular complexity index is 2130. The van der Waals surface area contributed by atoms with Gasteiger partial charge in [-0.25, -0.2) is 0 Å². The van der Waals surface area contributed by atoms with E-state index in [1.54, 1.807) is 5.57 Å². The molecule has 0 amide bonds. The highest BCUT2D eigenvalue weighted by Crippen LogP contribution is 2.36. The van der Waals surface area contributed by atoms with Crippen molar-refractivity contribution >= 4 is 21.5 Å². The highest BCUT2D eigenvalue weighted by atomic mass is 14.2. The maximum atomic E-state index is 2.32. The van der Waals surface area contributed by atoms with Crippen LogP contribution in [-0.4, -0.2) is 0 Å². The Labute approximate surface area is 333 Å². The topological polar surface area (TPSA) is 0 Å². The number of rotatable bonds is 7. The van der Waals surface area contributed by atoms with E-state index in [1.165, 1.54) is 74.2 Å². The Hall–Kier alpha value is -5.46. The van der Waals surface area contributed by atoms with Crippen molar-refractivity contribution in [2.24, 2.45) is 0 Å². The number of fused-ring (bicyclic) bond motifs is 2. The predicted molar refractivity (Wildman–Crippen MR) is 245 cm³/mol. The number of aryl methyl sites for hydroxylation is 1. The number of hydrogen-bond donors (Lipinski definition) is 0. The van der Waals surface area contributed by atoms with E-state index in [0.717, 1.165) is 6.42 Å². The van der Waals surface area contributed by atoms with Crippen molar-refractivity contribution in [1.82, 2.24) is 0 Å². The Morgan fingerprint density at radius 3 is 1.60 bits per heavy atom. The van der Waals surface area contributed by atoms with Crippen molar-refractivity contribution in [3.05, 3.63) is 216 Å². The highest BCUT2D eigenvalue weighted by molar-refractivity contribution is 5.87. The van der Waals surface area contributed by atoms with Gasteiger partial charge in [0.2, 0.25) is 0 Å². The van der Waals surface area contributed by atoms with E-state index >= 15 is 0 Å². The Balaban J connectivity index is 0.000000202. The Morgan fingerprint density at radius 2 is 1.04 bits per heavy atom. The summed E-state index contributed by atoms with van der Waals surface area (Å²) < 4.78 is 0. The lowest BCUT2D eigenvalue weighted by Gasteiger charge is -2.22. The molecule has 1 aliphatic rings. The molecular weight excluding hydrogens is 661 g/mol. The first kappa shape index (κ1) is 42.3. The fraction of sp³-hybridized carbons (Fsp3) is 0.236. The van der Waals surface area contributed by atoms with Gasteiger partial charge in [-0.1, -0.05) is 241 Å². The number of hydrogen-bond acceptors (Lipinski definition) is 0. The van der Waals surface area contributed by atoms with Gasteiger partial charge in [-0.2, -0.15) is 0 Å². The molecule has 0 N–H and O–H groups in total. The summed E-state index contributed by atoms with van der Waals surface area (Å²) in [6.07, 6.45) is 11.4. The van der Waals surface area contributed by atoms with Crippen LogP contribution in [0.3, 0.4) is 0 Å². The fourth-order valence-electron chi connectivity index (χ4n) is 7.20. The molecular formula is C55H62. The lowest BCUT2D eigenvalue weighted by Crippen LogP contribution is -2.04. The van der Waals surface area contributed by atoms with Crippen LogP contribution in [0.5, 0.6) is 0 Å². The molecule has 0 saturated heterocycles. The van der Waals surface area contributed by atoms with Gasteiger partial charge in [-0.05, 0) is 87.9 Å². The van der Waals surface area contributed by atoms with Crippen LogP contribution in [0.25, 0.3) is 32.7 Å². The quantitative estimate of drug-likeness (QED) is 0.154. The molecule has 7 aromatic rings. The first-order chi connectivity index (χ1) is 27.1. The lowest BCUT2D eigenvalue weighted by atomic mass is 9.82. The van der Waals surface area contributed by atoms with E-state index in [0.29, 0.717) is 11.8 Å². The largest absolute Gasteiger partial charge is 0.0842 e. The third-order valence-electron chi connectivity index (χ3n) is 10.0. The second-order valence-corrected chi connectivity index (χ2v) is 13.6. The van der Waals surface area contributed by atoms with E-state index in [2.05, 4.69) is 172 Å². The summed E-state index contributed by atoms with van der Waals surface area (Å²) in [4.78, 5) is 0. The summed E-state index contributed by atoms with van der Waals surface area (Å²) in [5.74, 6) is 1.06. The van der Waals surface area contributed by atoms with Crippen molar-refractivity contribution in [1.29, 1.82) is 0 Å². The summed E-state index contributed by atoms with van der Waals surface area (Å²) in [5, 5.41) is 5.46. The highest BCUT2D eigenvalue weighted by Gasteiger charge is 2.17. The fourth-order valence-corrected chi connectivity index (χ4v) is 7.20. The van der Waals surface area contributed by atoms with E-state index in [4.69, 9.17) is 0 Å². The van der Waals surface area contributed by atoms with Gasteiger partial charge >= 0.3 is 0 Å². The van der Waals surface area contributed by atoms with Gasteiger partial charge in [-0.3, -0.25) is 0 Å². The second-order valence-electron chi connectivity index (χ2n) is 13.6. The smallest absolute Gasteiger partial charge is 0.00549 e. The number of allylic oxidation sites excluding steroid dienone is 4. The van der Waals surface area contributed by atoms with E-state index < -0.39 is 0 Å². The van der Waals surface area contributed by atoms with Gasteiger partial charge in [0.25, 0.3) is 0 Å². The first-order valence-corrected chi connectivity index (χ1v) is 20.6. The zero-order valence-electron chi connectivity index (χ0n) is 34.4. The Morgan fingerprint density at radius 1 is 0.527 bits per heavy atom. The second kappa shape index (κ2) is 23.4. The summed E-state index contributed by atoms with van der Waals surface area (Å²) in [7, 11) is 0. The lowest BCUT2D eigenvalue weighted by molar-refractivity contribution is 0.716. The Kier molecular flexibility index (Phi) is 18.0. The number of benzene rings is 7. The average molecular weight is 723 g/mol. The van der Waals surface area contributed by atoms with Gasteiger partial charge in [0, 0.05) is 5.92 Å². The van der Waals surface area contributed by atoms with Crippen LogP contribution in [0.4, 0.5) is 0 Å². The van der Waals surface area contributed by atoms with E-state index in [9.17, 15) is 0 Å². The molecule has 0 nitrogen and oxygen atoms in total. The average Bonchev–Trinajstić information content (AvgIpc) is 3.27. The van der Waals surface area contributed by atoms with Crippen LogP contribution < -0.4 is 0 Å². The molecule has 7 aromatic carbocycles. The zero-order valence-corrected chi connectivity index (χ0v) is 34.4. The molecule has 0 heteroatoms. The van der Waals surface area contributed by atoms with Gasteiger partial charge in [0.05, 0.1) is 0 Å². The van der Waals surface area contributed by atoms with Gasteiger partial charge in [0.1, 0.15) is 0 Å². The first-order valence-electron chi connectivity index (χ1n) is 20.6. The maximum absolute atomic E-state index is 2.32. The van der Waals surface area contributed by atoms with Crippen LogP contribution in [0.2, 0.25) is 0 Å². The minimum atomic E-state index is 0.493. The molecule has 282 valence electrons. The molecule has 0 saturated carbocycles. The van der Waals surface area contributed by atoms with Crippen LogP contribution in [0, 0.1) is 6.92 Å². The van der Waals surface area contributed by atoms with Crippen molar-refractivity contribution in [3.8, 4) is 11.1 Å². The summed E-state index contributed by atoms with van der Waals surface area (Å²) in [5.41, 5.74) is 9.76. The summed E-state index contributed by atoms with van der Waals surface area (Å²) >= 11 is 0. The summed E-state index contributed by atoms with van der Waals surface area (Å²) in [6, 6.07) is 60.5. The molecule has 8 rings (SSSR count). The molecule has 0 bridgehead atoms. The van der Waals surface area contributed by atoms with E-state index in [-0.39, 0.29) is 0 Å².